The summed E-state index contributed by atoms with van der Waals surface area (Å²) in [6.45, 7) is 6.37. The molecular weight excluding hydrogens is 394 g/mol. The Kier molecular flexibility index (Phi) is 7.41. The number of quaternary nitrogens is 1. The molecule has 0 aliphatic carbocycles. The lowest BCUT2D eigenvalue weighted by Crippen LogP contribution is -3.12. The van der Waals surface area contributed by atoms with Gasteiger partial charge in [-0.3, -0.25) is 10.2 Å². The Hall–Kier alpha value is -3.19. The van der Waals surface area contributed by atoms with E-state index < -0.39 is 0 Å². The Balaban J connectivity index is 2.01. The molecule has 0 saturated heterocycles. The third-order valence-corrected chi connectivity index (χ3v) is 5.67. The van der Waals surface area contributed by atoms with Crippen LogP contribution in [0.4, 0.5) is 0 Å². The monoisotopic (exact) mass is 426 g/mol. The molecule has 1 aliphatic rings. The lowest BCUT2D eigenvalue weighted by atomic mass is 10.0. The number of ether oxygens (including phenoxy) is 3. The summed E-state index contributed by atoms with van der Waals surface area (Å²) >= 11 is 0. The van der Waals surface area contributed by atoms with Gasteiger partial charge in [-0.15, -0.1) is 0 Å². The lowest BCUT2D eigenvalue weighted by Gasteiger charge is -2.28. The molecule has 0 saturated carbocycles. The molecule has 166 valence electrons. The Morgan fingerprint density at radius 3 is 2.29 bits per heavy atom. The third-order valence-electron chi connectivity index (χ3n) is 5.67. The fourth-order valence-electron chi connectivity index (χ4n) is 3.79. The van der Waals surface area contributed by atoms with Gasteiger partial charge in [0.1, 0.15) is 11.8 Å². The molecule has 0 aromatic heterocycles. The first-order chi connectivity index (χ1) is 15.1. The van der Waals surface area contributed by atoms with Crippen LogP contribution >= 0.6 is 0 Å². The van der Waals surface area contributed by atoms with E-state index in [1.807, 2.05) is 42.5 Å². The molecule has 2 aromatic carbocycles. The number of benzene rings is 2. The van der Waals surface area contributed by atoms with Crippen LogP contribution in [0.15, 0.2) is 48.5 Å². The summed E-state index contributed by atoms with van der Waals surface area (Å²) in [6, 6.07) is 13.2. The predicted molar refractivity (Wildman–Crippen MR) is 120 cm³/mol. The molecule has 0 bridgehead atoms. The number of methoxy groups -OCH3 is 3. The second kappa shape index (κ2) is 10.2. The van der Waals surface area contributed by atoms with Crippen LogP contribution in [-0.4, -0.2) is 51.9 Å². The lowest BCUT2D eigenvalue weighted by molar-refractivity contribution is -0.888. The number of para-hydroxylation sites is 1. The van der Waals surface area contributed by atoms with Gasteiger partial charge in [-0.05, 0) is 55.8 Å². The zero-order chi connectivity index (χ0) is 22.4. The van der Waals surface area contributed by atoms with Crippen molar-refractivity contribution in [3.63, 3.8) is 0 Å². The van der Waals surface area contributed by atoms with Crippen molar-refractivity contribution in [2.45, 2.75) is 19.9 Å². The van der Waals surface area contributed by atoms with E-state index in [9.17, 15) is 4.79 Å². The summed E-state index contributed by atoms with van der Waals surface area (Å²) in [7, 11) is 4.87. The van der Waals surface area contributed by atoms with Crippen LogP contribution in [0.2, 0.25) is 0 Å². The van der Waals surface area contributed by atoms with Gasteiger partial charge in [0.15, 0.2) is 18.0 Å². The van der Waals surface area contributed by atoms with Gasteiger partial charge in [-0.25, -0.2) is 5.01 Å². The quantitative estimate of drug-likeness (QED) is 0.643. The van der Waals surface area contributed by atoms with E-state index in [1.54, 1.807) is 26.3 Å². The molecule has 1 atom stereocenters. The van der Waals surface area contributed by atoms with Crippen molar-refractivity contribution in [2.24, 2.45) is 0 Å². The number of hydrogen-bond donors (Lipinski definition) is 2. The van der Waals surface area contributed by atoms with Crippen LogP contribution in [0, 0.1) is 0 Å². The first-order valence-electron chi connectivity index (χ1n) is 10.6. The summed E-state index contributed by atoms with van der Waals surface area (Å²) in [5, 5.41) is 1.70. The fourth-order valence-corrected chi connectivity index (χ4v) is 3.79. The van der Waals surface area contributed by atoms with E-state index >= 15 is 0 Å². The number of amides is 1. The maximum Gasteiger partial charge on any atom is 0.296 e. The van der Waals surface area contributed by atoms with E-state index in [0.717, 1.165) is 35.7 Å². The standard InChI is InChI=1S/C24H31N3O4/c1-6-26(7-2)16-23(28)27-21(19-9-8-10-22(30-4)24(19)31-5)15-20(25-27)17-11-13-18(29-3)14-12-17/h8-15,21,25H,6-7,16H2,1-5H3/p+1/t21-/m1/s1. The second-order valence-electron chi connectivity index (χ2n) is 7.35. The zero-order valence-corrected chi connectivity index (χ0v) is 18.9. The first kappa shape index (κ1) is 22.5. The summed E-state index contributed by atoms with van der Waals surface area (Å²) < 4.78 is 16.4. The predicted octanol–water partition coefficient (Wildman–Crippen LogP) is 2.07. The highest BCUT2D eigenvalue weighted by molar-refractivity contribution is 5.82. The van der Waals surface area contributed by atoms with Crippen molar-refractivity contribution in [3.8, 4) is 17.2 Å². The second-order valence-corrected chi connectivity index (χ2v) is 7.35. The molecule has 1 amide bonds. The van der Waals surface area contributed by atoms with Gasteiger partial charge in [-0.1, -0.05) is 12.1 Å². The van der Waals surface area contributed by atoms with Gasteiger partial charge in [0, 0.05) is 5.56 Å². The van der Waals surface area contributed by atoms with Crippen molar-refractivity contribution in [2.75, 3.05) is 41.0 Å². The van der Waals surface area contributed by atoms with Crippen LogP contribution in [0.25, 0.3) is 5.70 Å². The fraction of sp³-hybridized carbons (Fsp3) is 0.375. The number of carbonyl (C=O) groups excluding carboxylic acids is 1. The number of likely N-dealkylation sites (N-methyl/N-ethyl adjacent to an activating group) is 1. The Bertz CT molecular complexity index is 923. The van der Waals surface area contributed by atoms with E-state index in [2.05, 4.69) is 25.3 Å². The van der Waals surface area contributed by atoms with Crippen LogP contribution < -0.4 is 24.5 Å². The van der Waals surface area contributed by atoms with Gasteiger partial charge in [0.05, 0.1) is 40.1 Å². The van der Waals surface area contributed by atoms with E-state index in [-0.39, 0.29) is 11.9 Å². The minimum atomic E-state index is -0.329. The molecule has 3 rings (SSSR count). The number of rotatable bonds is 9. The Labute approximate surface area is 184 Å². The highest BCUT2D eigenvalue weighted by atomic mass is 16.5. The Morgan fingerprint density at radius 2 is 1.71 bits per heavy atom. The van der Waals surface area contributed by atoms with Gasteiger partial charge in [-0.2, -0.15) is 0 Å². The summed E-state index contributed by atoms with van der Waals surface area (Å²) in [5.74, 6) is 2.06. The van der Waals surface area contributed by atoms with Crippen LogP contribution in [0.1, 0.15) is 31.0 Å². The van der Waals surface area contributed by atoms with Crippen molar-refractivity contribution in [1.29, 1.82) is 0 Å². The first-order valence-corrected chi connectivity index (χ1v) is 10.6. The number of nitrogens with zero attached hydrogens (tertiary/aromatic N) is 1. The molecule has 0 spiro atoms. The maximum absolute atomic E-state index is 13.3. The van der Waals surface area contributed by atoms with E-state index in [4.69, 9.17) is 14.2 Å². The molecule has 7 nitrogen and oxygen atoms in total. The number of carbonyl (C=O) groups is 1. The zero-order valence-electron chi connectivity index (χ0n) is 18.9. The van der Waals surface area contributed by atoms with Crippen molar-refractivity contribution in [1.82, 2.24) is 10.4 Å². The van der Waals surface area contributed by atoms with Gasteiger partial charge in [0.25, 0.3) is 5.91 Å². The third kappa shape index (κ3) is 4.77. The number of nitrogens with one attached hydrogen (secondary N) is 2. The molecule has 31 heavy (non-hydrogen) atoms. The SMILES string of the molecule is CC[NH+](CC)CC(=O)N1NC(c2ccc(OC)cc2)=C[C@@H]1c1cccc(OC)c1OC. The average molecular weight is 427 g/mol. The number of hydrogen-bond acceptors (Lipinski definition) is 5. The largest absolute Gasteiger partial charge is 0.497 e. The molecule has 2 N–H and O–H groups in total. The van der Waals surface area contributed by atoms with Crippen LogP contribution in [0.5, 0.6) is 17.2 Å². The molecular formula is C24H32N3O4+. The highest BCUT2D eigenvalue weighted by Gasteiger charge is 2.34. The van der Waals surface area contributed by atoms with Crippen LogP contribution in [-0.2, 0) is 4.79 Å². The number of hydrazine groups is 1. The molecule has 1 heterocycles. The topological polar surface area (TPSA) is 64.5 Å². The van der Waals surface area contributed by atoms with E-state index in [0.29, 0.717) is 18.0 Å². The van der Waals surface area contributed by atoms with Gasteiger partial charge in [0.2, 0.25) is 0 Å². The average Bonchev–Trinajstić information content (AvgIpc) is 3.27. The summed E-state index contributed by atoms with van der Waals surface area (Å²) in [6.07, 6.45) is 2.05. The molecule has 0 radical (unpaired) electrons. The van der Waals surface area contributed by atoms with Crippen molar-refractivity contribution in [3.05, 3.63) is 59.7 Å². The smallest absolute Gasteiger partial charge is 0.296 e. The maximum atomic E-state index is 13.3. The minimum absolute atomic E-state index is 0.0216. The van der Waals surface area contributed by atoms with Crippen molar-refractivity contribution < 1.29 is 23.9 Å². The van der Waals surface area contributed by atoms with Gasteiger partial charge < -0.3 is 19.1 Å². The van der Waals surface area contributed by atoms with E-state index in [1.165, 1.54) is 4.90 Å². The molecule has 1 aliphatic heterocycles. The minimum Gasteiger partial charge on any atom is -0.497 e. The highest BCUT2D eigenvalue weighted by Crippen LogP contribution is 2.40. The molecule has 2 aromatic rings. The molecule has 0 fully saturated rings. The van der Waals surface area contributed by atoms with Crippen molar-refractivity contribution >= 4 is 11.6 Å². The summed E-state index contributed by atoms with van der Waals surface area (Å²) in [4.78, 5) is 14.5. The molecule has 7 heteroatoms. The normalized spacial score (nSPS) is 15.5. The summed E-state index contributed by atoms with van der Waals surface area (Å²) in [5.41, 5.74) is 6.02. The van der Waals surface area contributed by atoms with Gasteiger partial charge >= 0.3 is 0 Å². The van der Waals surface area contributed by atoms with Crippen LogP contribution in [0.3, 0.4) is 0 Å². The molecule has 0 unspecified atom stereocenters. The Morgan fingerprint density at radius 1 is 1.00 bits per heavy atom.